The molecule has 0 aliphatic carbocycles. The number of carbonyl (C=O) groups excluding carboxylic acids is 6. The van der Waals surface area contributed by atoms with E-state index in [0.29, 0.717) is 91.9 Å². The van der Waals surface area contributed by atoms with Crippen molar-refractivity contribution >= 4 is 80.0 Å². The summed E-state index contributed by atoms with van der Waals surface area (Å²) in [5.41, 5.74) is 4.91. The second kappa shape index (κ2) is 19.3. The molecule has 0 radical (unpaired) electrons. The summed E-state index contributed by atoms with van der Waals surface area (Å²) in [7, 11) is 0. The summed E-state index contributed by atoms with van der Waals surface area (Å²) in [6.45, 7) is 6.50. The van der Waals surface area contributed by atoms with Gasteiger partial charge in [0.25, 0.3) is 23.6 Å². The third-order valence-corrected chi connectivity index (χ3v) is 12.6. The quantitative estimate of drug-likeness (QED) is 0.0716. The Hall–Kier alpha value is -7.68. The fraction of sp³-hybridized carbons (Fsp3) is 0.333. The molecule has 68 heavy (non-hydrogen) atoms. The molecule has 0 bridgehead atoms. The molecule has 348 valence electrons. The van der Waals surface area contributed by atoms with Crippen molar-refractivity contribution in [2.75, 3.05) is 75.9 Å². The van der Waals surface area contributed by atoms with Crippen molar-refractivity contribution in [3.8, 4) is 0 Å². The number of H-pyrrole nitrogens is 1. The molecule has 3 aromatic carbocycles. The summed E-state index contributed by atoms with van der Waals surface area (Å²) in [6.07, 6.45) is 5.35. The van der Waals surface area contributed by atoms with Gasteiger partial charge in [-0.25, -0.2) is 9.97 Å². The number of aromatic amines is 1. The summed E-state index contributed by atoms with van der Waals surface area (Å²) in [5, 5.41) is 18.1. The second-order valence-electron chi connectivity index (χ2n) is 16.9. The van der Waals surface area contributed by atoms with Gasteiger partial charge < -0.3 is 24.7 Å². The molecule has 4 N–H and O–H groups in total. The van der Waals surface area contributed by atoms with E-state index in [1.807, 2.05) is 59.4 Å². The lowest BCUT2D eigenvalue weighted by molar-refractivity contribution is -0.136. The lowest BCUT2D eigenvalue weighted by Crippen LogP contribution is -2.54. The first-order valence-electron chi connectivity index (χ1n) is 22.8. The number of aryl methyl sites for hydroxylation is 1. The number of anilines is 2. The molecule has 0 spiro atoms. The van der Waals surface area contributed by atoms with Crippen LogP contribution in [0.5, 0.6) is 0 Å². The van der Waals surface area contributed by atoms with Gasteiger partial charge >= 0.3 is 0 Å². The van der Waals surface area contributed by atoms with E-state index in [1.165, 1.54) is 0 Å². The molecule has 1 unspecified atom stereocenters. The number of nitrogens with one attached hydrogen (secondary N) is 4. The summed E-state index contributed by atoms with van der Waals surface area (Å²) in [6, 6.07) is 19.2. The van der Waals surface area contributed by atoms with Crippen molar-refractivity contribution in [2.45, 2.75) is 38.3 Å². The van der Waals surface area contributed by atoms with Crippen molar-refractivity contribution in [2.24, 2.45) is 0 Å². The minimum Gasteiger partial charge on any atom is -0.382 e. The normalized spacial score (nSPS) is 17.8. The van der Waals surface area contributed by atoms with Gasteiger partial charge in [-0.15, -0.1) is 5.10 Å². The van der Waals surface area contributed by atoms with Gasteiger partial charge in [0.2, 0.25) is 17.8 Å². The van der Waals surface area contributed by atoms with Crippen LogP contribution in [0.1, 0.15) is 56.9 Å². The number of aromatic nitrogens is 6. The highest BCUT2D eigenvalue weighted by Gasteiger charge is 2.45. The van der Waals surface area contributed by atoms with Crippen molar-refractivity contribution in [1.29, 1.82) is 0 Å². The SMILES string of the molecule is O=C1CCC(N2C(=O)c3cccc(NCCOCCOCCc4cn(CCCN5CCN(c6nc(C7=C(c8c[nH]c9ccccc89)C(=O)NC7=O)c7ccccc7n6)CC5)nn4)c3C2=O)C(=O)N1. The van der Waals surface area contributed by atoms with Crippen LogP contribution in [0.3, 0.4) is 0 Å². The van der Waals surface area contributed by atoms with E-state index < -0.39 is 41.5 Å². The Morgan fingerprint density at radius 2 is 1.51 bits per heavy atom. The number of ether oxygens (including phenoxy) is 2. The second-order valence-corrected chi connectivity index (χ2v) is 16.9. The maximum atomic E-state index is 13.5. The number of piperazine rings is 1. The van der Waals surface area contributed by atoms with E-state index in [2.05, 4.69) is 41.0 Å². The molecule has 1 atom stereocenters. The predicted molar refractivity (Wildman–Crippen MR) is 248 cm³/mol. The van der Waals surface area contributed by atoms with E-state index in [0.717, 1.165) is 54.1 Å². The fourth-order valence-electron chi connectivity index (χ4n) is 9.22. The Morgan fingerprint density at radius 3 is 2.35 bits per heavy atom. The number of nitrogens with zero attached hydrogens (tertiary/aromatic N) is 8. The Balaban J connectivity index is 0.645. The molecule has 20 heteroatoms. The zero-order chi connectivity index (χ0) is 46.7. The average molecular weight is 921 g/mol. The number of amides is 6. The number of hydrogen-bond donors (Lipinski definition) is 4. The van der Waals surface area contributed by atoms with Gasteiger partial charge in [-0.1, -0.05) is 47.7 Å². The summed E-state index contributed by atoms with van der Waals surface area (Å²) < 4.78 is 13.3. The molecular formula is C48H48N12O8. The van der Waals surface area contributed by atoms with Crippen LogP contribution < -0.4 is 20.9 Å². The first-order chi connectivity index (χ1) is 33.2. The summed E-state index contributed by atoms with van der Waals surface area (Å²) >= 11 is 0. The van der Waals surface area contributed by atoms with Crippen LogP contribution in [-0.2, 0) is 41.6 Å². The molecule has 4 aliphatic rings. The molecular weight excluding hydrogens is 873 g/mol. The Morgan fingerprint density at radius 1 is 0.735 bits per heavy atom. The minimum absolute atomic E-state index is 0.0570. The Bertz CT molecular complexity index is 3010. The predicted octanol–water partition coefficient (Wildman–Crippen LogP) is 2.57. The number of benzene rings is 3. The molecule has 10 rings (SSSR count). The van der Waals surface area contributed by atoms with Crippen LogP contribution in [0.25, 0.3) is 33.0 Å². The molecule has 2 saturated heterocycles. The van der Waals surface area contributed by atoms with Crippen molar-refractivity contribution in [3.05, 3.63) is 107 Å². The lowest BCUT2D eigenvalue weighted by Gasteiger charge is -2.35. The number of carbonyl (C=O) groups is 6. The summed E-state index contributed by atoms with van der Waals surface area (Å²) in [4.78, 5) is 95.8. The van der Waals surface area contributed by atoms with Crippen LogP contribution in [0.2, 0.25) is 0 Å². The molecule has 6 amide bonds. The highest BCUT2D eigenvalue weighted by molar-refractivity contribution is 6.50. The maximum Gasteiger partial charge on any atom is 0.264 e. The highest BCUT2D eigenvalue weighted by atomic mass is 16.5. The van der Waals surface area contributed by atoms with Gasteiger partial charge in [-0.3, -0.25) is 53.9 Å². The van der Waals surface area contributed by atoms with Crippen LogP contribution in [0.4, 0.5) is 11.6 Å². The number of piperidine rings is 1. The third-order valence-electron chi connectivity index (χ3n) is 12.6. The first kappa shape index (κ1) is 44.2. The molecule has 4 aliphatic heterocycles. The van der Waals surface area contributed by atoms with Crippen LogP contribution in [0.15, 0.2) is 79.1 Å². The minimum atomic E-state index is -1.02. The molecule has 20 nitrogen and oxygen atoms in total. The first-order valence-corrected chi connectivity index (χ1v) is 22.8. The van der Waals surface area contributed by atoms with Crippen molar-refractivity contribution in [1.82, 2.24) is 50.4 Å². The number of fused-ring (bicyclic) bond motifs is 3. The molecule has 2 fully saturated rings. The average Bonchev–Trinajstić information content (AvgIpc) is 4.12. The van der Waals surface area contributed by atoms with E-state index in [-0.39, 0.29) is 29.5 Å². The molecule has 0 saturated carbocycles. The number of rotatable bonds is 18. The lowest BCUT2D eigenvalue weighted by atomic mass is 9.97. The number of hydrogen-bond acceptors (Lipinski definition) is 15. The Labute approximate surface area is 389 Å². The van der Waals surface area contributed by atoms with Gasteiger partial charge in [0, 0.05) is 98.6 Å². The maximum absolute atomic E-state index is 13.5. The van der Waals surface area contributed by atoms with E-state index >= 15 is 0 Å². The zero-order valence-corrected chi connectivity index (χ0v) is 37.0. The van der Waals surface area contributed by atoms with Gasteiger partial charge in [0.15, 0.2) is 0 Å². The van der Waals surface area contributed by atoms with Crippen molar-refractivity contribution < 1.29 is 38.2 Å². The van der Waals surface area contributed by atoms with Gasteiger partial charge in [0.1, 0.15) is 6.04 Å². The van der Waals surface area contributed by atoms with E-state index in [1.54, 1.807) is 24.4 Å². The molecule has 7 heterocycles. The Kier molecular flexibility index (Phi) is 12.5. The highest BCUT2D eigenvalue weighted by Crippen LogP contribution is 2.37. The monoisotopic (exact) mass is 920 g/mol. The standard InChI is InChI=1S/C48H48N12O8/c61-38-14-13-37(43(62)52-38)60-46(65)32-9-5-12-36(39(32)47(60)66)49-16-24-68-26-25-67-23-15-29-28-59(56-55-29)18-6-17-57-19-21-58(22-20-57)48-51-35-11-4-2-8-31(35)42(53-48)41-40(44(63)54-45(41)64)33-27-50-34-10-3-1-7-30(33)34/h1-5,7-12,27-28,37,49-50H,6,13-26H2,(H,52,61,62)(H,54,63,64). The van der Waals surface area contributed by atoms with Gasteiger partial charge in [-0.2, -0.15) is 0 Å². The van der Waals surface area contributed by atoms with E-state index in [4.69, 9.17) is 19.4 Å². The van der Waals surface area contributed by atoms with Gasteiger partial charge in [-0.05, 0) is 37.1 Å². The van der Waals surface area contributed by atoms with Crippen LogP contribution >= 0.6 is 0 Å². The van der Waals surface area contributed by atoms with Gasteiger partial charge in [0.05, 0.1) is 65.6 Å². The van der Waals surface area contributed by atoms with Crippen molar-refractivity contribution in [3.63, 3.8) is 0 Å². The topological polar surface area (TPSA) is 239 Å². The zero-order valence-electron chi connectivity index (χ0n) is 37.0. The fourth-order valence-corrected chi connectivity index (χ4v) is 9.22. The van der Waals surface area contributed by atoms with E-state index in [9.17, 15) is 28.8 Å². The number of imide groups is 3. The smallest absolute Gasteiger partial charge is 0.264 e. The summed E-state index contributed by atoms with van der Waals surface area (Å²) in [5.74, 6) is -2.60. The van der Waals surface area contributed by atoms with Crippen LogP contribution in [0, 0.1) is 0 Å². The number of para-hydroxylation sites is 2. The van der Waals surface area contributed by atoms with Crippen LogP contribution in [-0.4, -0.2) is 147 Å². The molecule has 6 aromatic rings. The molecule has 3 aromatic heterocycles. The largest absolute Gasteiger partial charge is 0.382 e. The third kappa shape index (κ3) is 8.83.